The van der Waals surface area contributed by atoms with Crippen molar-refractivity contribution >= 4 is 0 Å². The van der Waals surface area contributed by atoms with Crippen molar-refractivity contribution in [2.45, 2.75) is 38.3 Å². The lowest BCUT2D eigenvalue weighted by Crippen LogP contribution is -2.34. The fraction of sp³-hybridized carbons (Fsp3) is 0.571. The first kappa shape index (κ1) is 12.2. The molecule has 1 aromatic rings. The molecule has 1 aromatic carbocycles. The SMILES string of the molecule is COc1cccc(C2CCCC(C)N2)c1OC. The lowest BCUT2D eigenvalue weighted by atomic mass is 9.93. The fourth-order valence-corrected chi connectivity index (χ4v) is 2.57. The Labute approximate surface area is 103 Å². The predicted molar refractivity (Wildman–Crippen MR) is 68.7 cm³/mol. The van der Waals surface area contributed by atoms with Crippen LogP contribution >= 0.6 is 0 Å². The molecule has 3 nitrogen and oxygen atoms in total. The van der Waals surface area contributed by atoms with E-state index < -0.39 is 0 Å². The van der Waals surface area contributed by atoms with Gasteiger partial charge in [-0.15, -0.1) is 0 Å². The van der Waals surface area contributed by atoms with Gasteiger partial charge in [0.05, 0.1) is 14.2 Å². The Hall–Kier alpha value is -1.22. The third kappa shape index (κ3) is 2.55. The Kier molecular flexibility index (Phi) is 3.89. The van der Waals surface area contributed by atoms with E-state index in [4.69, 9.17) is 9.47 Å². The maximum Gasteiger partial charge on any atom is 0.165 e. The van der Waals surface area contributed by atoms with Gasteiger partial charge in [0, 0.05) is 17.6 Å². The molecule has 2 atom stereocenters. The van der Waals surface area contributed by atoms with Gasteiger partial charge >= 0.3 is 0 Å². The van der Waals surface area contributed by atoms with E-state index in [2.05, 4.69) is 18.3 Å². The van der Waals surface area contributed by atoms with E-state index in [0.29, 0.717) is 12.1 Å². The average molecular weight is 235 g/mol. The van der Waals surface area contributed by atoms with E-state index in [-0.39, 0.29) is 0 Å². The summed E-state index contributed by atoms with van der Waals surface area (Å²) in [6.45, 7) is 2.23. The number of piperidine rings is 1. The molecule has 1 aliphatic rings. The Morgan fingerprint density at radius 1 is 1.18 bits per heavy atom. The molecule has 3 heteroatoms. The molecule has 0 saturated carbocycles. The molecule has 0 bridgehead atoms. The van der Waals surface area contributed by atoms with Gasteiger partial charge in [0.2, 0.25) is 0 Å². The molecule has 1 saturated heterocycles. The highest BCUT2D eigenvalue weighted by Crippen LogP contribution is 2.37. The van der Waals surface area contributed by atoms with Crippen LogP contribution in [0.2, 0.25) is 0 Å². The van der Waals surface area contributed by atoms with Crippen LogP contribution in [0.3, 0.4) is 0 Å². The van der Waals surface area contributed by atoms with Crippen molar-refractivity contribution < 1.29 is 9.47 Å². The van der Waals surface area contributed by atoms with E-state index in [1.54, 1.807) is 14.2 Å². The second-order valence-corrected chi connectivity index (χ2v) is 4.63. The zero-order valence-electron chi connectivity index (χ0n) is 10.8. The number of hydrogen-bond donors (Lipinski definition) is 1. The minimum atomic E-state index is 0.379. The van der Waals surface area contributed by atoms with Gasteiger partial charge < -0.3 is 14.8 Å². The van der Waals surface area contributed by atoms with Crippen molar-refractivity contribution in [3.05, 3.63) is 23.8 Å². The molecule has 1 aliphatic heterocycles. The molecular formula is C14H21NO2. The van der Waals surface area contributed by atoms with E-state index in [1.807, 2.05) is 12.1 Å². The number of rotatable bonds is 3. The van der Waals surface area contributed by atoms with Crippen LogP contribution in [-0.4, -0.2) is 20.3 Å². The topological polar surface area (TPSA) is 30.5 Å². The number of ether oxygens (including phenoxy) is 2. The van der Waals surface area contributed by atoms with Crippen molar-refractivity contribution in [3.8, 4) is 11.5 Å². The minimum absolute atomic E-state index is 0.379. The quantitative estimate of drug-likeness (QED) is 0.873. The Bertz CT molecular complexity index is 378. The summed E-state index contributed by atoms with van der Waals surface area (Å²) in [4.78, 5) is 0. The summed E-state index contributed by atoms with van der Waals surface area (Å²) in [5, 5.41) is 3.62. The van der Waals surface area contributed by atoms with Crippen LogP contribution in [0, 0.1) is 0 Å². The van der Waals surface area contributed by atoms with E-state index in [1.165, 1.54) is 18.4 Å². The number of para-hydroxylation sites is 1. The van der Waals surface area contributed by atoms with Crippen LogP contribution in [-0.2, 0) is 0 Å². The molecule has 1 heterocycles. The maximum atomic E-state index is 5.49. The maximum absolute atomic E-state index is 5.49. The van der Waals surface area contributed by atoms with Crippen molar-refractivity contribution in [2.24, 2.45) is 0 Å². The second kappa shape index (κ2) is 5.41. The highest BCUT2D eigenvalue weighted by Gasteiger charge is 2.23. The van der Waals surface area contributed by atoms with Gasteiger partial charge in [-0.1, -0.05) is 18.6 Å². The van der Waals surface area contributed by atoms with Gasteiger partial charge in [-0.05, 0) is 25.8 Å². The van der Waals surface area contributed by atoms with Crippen LogP contribution in [0.4, 0.5) is 0 Å². The fourth-order valence-electron chi connectivity index (χ4n) is 2.57. The number of methoxy groups -OCH3 is 2. The first-order valence-electron chi connectivity index (χ1n) is 6.23. The molecule has 0 amide bonds. The van der Waals surface area contributed by atoms with Gasteiger partial charge in [0.25, 0.3) is 0 Å². The molecule has 0 radical (unpaired) electrons. The first-order chi connectivity index (χ1) is 8.26. The summed E-state index contributed by atoms with van der Waals surface area (Å²) in [7, 11) is 3.38. The van der Waals surface area contributed by atoms with E-state index in [0.717, 1.165) is 17.9 Å². The number of hydrogen-bond acceptors (Lipinski definition) is 3. The van der Waals surface area contributed by atoms with Gasteiger partial charge in [0.1, 0.15) is 0 Å². The third-order valence-corrected chi connectivity index (χ3v) is 3.42. The second-order valence-electron chi connectivity index (χ2n) is 4.63. The summed E-state index contributed by atoms with van der Waals surface area (Å²) < 4.78 is 10.8. The highest BCUT2D eigenvalue weighted by atomic mass is 16.5. The summed E-state index contributed by atoms with van der Waals surface area (Å²) in [6.07, 6.45) is 3.68. The van der Waals surface area contributed by atoms with Gasteiger partial charge in [-0.2, -0.15) is 0 Å². The van der Waals surface area contributed by atoms with Crippen LogP contribution in [0.1, 0.15) is 37.8 Å². The van der Waals surface area contributed by atoms with Gasteiger partial charge in [-0.25, -0.2) is 0 Å². The first-order valence-corrected chi connectivity index (χ1v) is 6.23. The van der Waals surface area contributed by atoms with E-state index in [9.17, 15) is 0 Å². The zero-order valence-corrected chi connectivity index (χ0v) is 10.8. The summed E-state index contributed by atoms with van der Waals surface area (Å²) in [6, 6.07) is 7.04. The molecule has 1 N–H and O–H groups in total. The van der Waals surface area contributed by atoms with Crippen molar-refractivity contribution in [2.75, 3.05) is 14.2 Å². The van der Waals surface area contributed by atoms with E-state index >= 15 is 0 Å². The van der Waals surface area contributed by atoms with Crippen LogP contribution in [0.25, 0.3) is 0 Å². The molecule has 17 heavy (non-hydrogen) atoms. The third-order valence-electron chi connectivity index (χ3n) is 3.42. The summed E-state index contributed by atoms with van der Waals surface area (Å²) in [5.41, 5.74) is 1.21. The van der Waals surface area contributed by atoms with Crippen molar-refractivity contribution in [1.82, 2.24) is 5.32 Å². The highest BCUT2D eigenvalue weighted by molar-refractivity contribution is 5.48. The van der Waals surface area contributed by atoms with Crippen molar-refractivity contribution in [3.63, 3.8) is 0 Å². The molecule has 2 unspecified atom stereocenters. The molecule has 0 aliphatic carbocycles. The van der Waals surface area contributed by atoms with Crippen LogP contribution in [0.5, 0.6) is 11.5 Å². The number of benzene rings is 1. The van der Waals surface area contributed by atoms with Crippen LogP contribution in [0.15, 0.2) is 18.2 Å². The average Bonchev–Trinajstić information content (AvgIpc) is 2.37. The normalized spacial score (nSPS) is 24.4. The smallest absolute Gasteiger partial charge is 0.165 e. The Morgan fingerprint density at radius 2 is 2.00 bits per heavy atom. The molecule has 1 fully saturated rings. The molecular weight excluding hydrogens is 214 g/mol. The predicted octanol–water partition coefficient (Wildman–Crippen LogP) is 2.91. The molecule has 94 valence electrons. The summed E-state index contributed by atoms with van der Waals surface area (Å²) in [5.74, 6) is 1.67. The molecule has 0 spiro atoms. The standard InChI is InChI=1S/C14H21NO2/c1-10-6-4-8-12(15-10)11-7-5-9-13(16-2)14(11)17-3/h5,7,9-10,12,15H,4,6,8H2,1-3H3. The summed E-state index contributed by atoms with van der Waals surface area (Å²) >= 11 is 0. The Morgan fingerprint density at radius 3 is 2.65 bits per heavy atom. The lowest BCUT2D eigenvalue weighted by molar-refractivity contribution is 0.316. The minimum Gasteiger partial charge on any atom is -0.493 e. The van der Waals surface area contributed by atoms with Crippen LogP contribution < -0.4 is 14.8 Å². The monoisotopic (exact) mass is 235 g/mol. The van der Waals surface area contributed by atoms with Gasteiger partial charge in [0.15, 0.2) is 11.5 Å². The largest absolute Gasteiger partial charge is 0.493 e. The molecule has 2 rings (SSSR count). The van der Waals surface area contributed by atoms with Crippen molar-refractivity contribution in [1.29, 1.82) is 0 Å². The lowest BCUT2D eigenvalue weighted by Gasteiger charge is -2.30. The Balaban J connectivity index is 2.30. The zero-order chi connectivity index (χ0) is 12.3. The van der Waals surface area contributed by atoms with Gasteiger partial charge in [-0.3, -0.25) is 0 Å². The number of nitrogens with one attached hydrogen (secondary N) is 1. The molecule has 0 aromatic heterocycles.